The van der Waals surface area contributed by atoms with Crippen LogP contribution in [0.1, 0.15) is 28.4 Å². The van der Waals surface area contributed by atoms with E-state index in [-0.39, 0.29) is 11.6 Å². The van der Waals surface area contributed by atoms with Gasteiger partial charge in [0.05, 0.1) is 11.1 Å². The van der Waals surface area contributed by atoms with E-state index < -0.39 is 17.7 Å². The highest BCUT2D eigenvalue weighted by atomic mass is 19.4. The molecule has 0 unspecified atom stereocenters. The largest absolute Gasteiger partial charge is 0.478 e. The number of anilines is 1. The Morgan fingerprint density at radius 2 is 1.70 bits per heavy atom. The predicted molar refractivity (Wildman–Crippen MR) is 96.9 cm³/mol. The van der Waals surface area contributed by atoms with E-state index in [9.17, 15) is 18.0 Å². The summed E-state index contributed by atoms with van der Waals surface area (Å²) in [5.41, 5.74) is 1.46. The maximum atomic E-state index is 12.7. The lowest BCUT2D eigenvalue weighted by Crippen LogP contribution is -2.51. The molecule has 0 aromatic heterocycles. The highest BCUT2D eigenvalue weighted by molar-refractivity contribution is 5.88. The number of hydrogen-bond acceptors (Lipinski definition) is 3. The number of nitrogens with zero attached hydrogens (tertiary/aromatic N) is 2. The van der Waals surface area contributed by atoms with E-state index in [1.165, 1.54) is 12.1 Å². The van der Waals surface area contributed by atoms with Crippen LogP contribution >= 0.6 is 0 Å². The van der Waals surface area contributed by atoms with Gasteiger partial charge in [-0.2, -0.15) is 13.2 Å². The molecule has 3 rings (SSSR count). The van der Waals surface area contributed by atoms with Gasteiger partial charge in [0.25, 0.3) is 0 Å². The molecule has 1 heterocycles. The summed E-state index contributed by atoms with van der Waals surface area (Å²) in [4.78, 5) is 15.4. The highest BCUT2D eigenvalue weighted by Crippen LogP contribution is 2.29. The molecule has 1 aliphatic heterocycles. The number of halogens is 3. The molecule has 27 heavy (non-hydrogen) atoms. The molecule has 1 fully saturated rings. The Balaban J connectivity index is 1.60. The second-order valence-corrected chi connectivity index (χ2v) is 6.82. The van der Waals surface area contributed by atoms with Crippen LogP contribution in [0.15, 0.2) is 48.5 Å². The second kappa shape index (κ2) is 7.60. The first-order valence-electron chi connectivity index (χ1n) is 8.72. The minimum atomic E-state index is -4.31. The van der Waals surface area contributed by atoms with Gasteiger partial charge in [0.15, 0.2) is 0 Å². The van der Waals surface area contributed by atoms with Crippen molar-refractivity contribution in [3.05, 3.63) is 65.2 Å². The van der Waals surface area contributed by atoms with Gasteiger partial charge >= 0.3 is 12.1 Å². The zero-order valence-corrected chi connectivity index (χ0v) is 14.9. The molecule has 7 heteroatoms. The van der Waals surface area contributed by atoms with Crippen molar-refractivity contribution in [2.24, 2.45) is 0 Å². The minimum Gasteiger partial charge on any atom is -0.478 e. The van der Waals surface area contributed by atoms with E-state index in [4.69, 9.17) is 5.11 Å². The van der Waals surface area contributed by atoms with Crippen molar-refractivity contribution in [2.45, 2.75) is 25.7 Å². The molecule has 0 amide bonds. The molecule has 0 saturated carbocycles. The molecule has 0 radical (unpaired) electrons. The number of rotatable bonds is 4. The monoisotopic (exact) mass is 378 g/mol. The molecular weight excluding hydrogens is 357 g/mol. The number of carboxylic acids is 1. The summed E-state index contributed by atoms with van der Waals surface area (Å²) >= 11 is 0. The fourth-order valence-electron chi connectivity index (χ4n) is 3.41. The van der Waals surface area contributed by atoms with E-state index in [0.717, 1.165) is 43.0 Å². The molecule has 4 nitrogen and oxygen atoms in total. The van der Waals surface area contributed by atoms with Crippen molar-refractivity contribution in [1.82, 2.24) is 4.90 Å². The van der Waals surface area contributed by atoms with Crippen molar-refractivity contribution in [2.75, 3.05) is 24.5 Å². The maximum Gasteiger partial charge on any atom is 0.416 e. The Morgan fingerprint density at radius 1 is 1.07 bits per heavy atom. The van der Waals surface area contributed by atoms with Crippen molar-refractivity contribution in [3.63, 3.8) is 0 Å². The molecule has 0 aliphatic carbocycles. The molecule has 1 saturated heterocycles. The van der Waals surface area contributed by atoms with Crippen LogP contribution in [0.4, 0.5) is 18.9 Å². The Hall–Kier alpha value is -2.54. The van der Waals surface area contributed by atoms with Crippen molar-refractivity contribution in [1.29, 1.82) is 0 Å². The standard InChI is InChI=1S/C20H21F3N2O2/c1-14-12-24(13-15-2-6-17(7-3-15)20(21,22)23)10-11-25(14)18-8-4-16(5-9-18)19(26)27/h2-9,14H,10-13H2,1H3,(H,26,27)/t14-/m1/s1. The van der Waals surface area contributed by atoms with Gasteiger partial charge in [0, 0.05) is 37.9 Å². The van der Waals surface area contributed by atoms with Crippen LogP contribution in [0.5, 0.6) is 0 Å². The number of alkyl halides is 3. The smallest absolute Gasteiger partial charge is 0.416 e. The van der Waals surface area contributed by atoms with Crippen molar-refractivity contribution < 1.29 is 23.1 Å². The molecule has 1 atom stereocenters. The van der Waals surface area contributed by atoms with Gasteiger partial charge in [0.2, 0.25) is 0 Å². The van der Waals surface area contributed by atoms with Crippen LogP contribution in [0.2, 0.25) is 0 Å². The quantitative estimate of drug-likeness (QED) is 0.870. The summed E-state index contributed by atoms with van der Waals surface area (Å²) in [6.45, 7) is 5.03. The number of piperazine rings is 1. The molecular formula is C20H21F3N2O2. The highest BCUT2D eigenvalue weighted by Gasteiger charge is 2.30. The van der Waals surface area contributed by atoms with Crippen LogP contribution in [0.25, 0.3) is 0 Å². The van der Waals surface area contributed by atoms with Crippen LogP contribution < -0.4 is 4.90 Å². The van der Waals surface area contributed by atoms with Gasteiger partial charge in [-0.15, -0.1) is 0 Å². The van der Waals surface area contributed by atoms with Gasteiger partial charge in [-0.1, -0.05) is 12.1 Å². The maximum absolute atomic E-state index is 12.7. The first kappa shape index (κ1) is 19.2. The SMILES string of the molecule is C[C@@H]1CN(Cc2ccc(C(F)(F)F)cc2)CCN1c1ccc(C(=O)O)cc1. The van der Waals surface area contributed by atoms with Crippen molar-refractivity contribution >= 4 is 11.7 Å². The topological polar surface area (TPSA) is 43.8 Å². The zero-order chi connectivity index (χ0) is 19.6. The van der Waals surface area contributed by atoms with Gasteiger partial charge in [0.1, 0.15) is 0 Å². The lowest BCUT2D eigenvalue weighted by Gasteiger charge is -2.41. The number of carbonyl (C=O) groups is 1. The molecule has 1 N–H and O–H groups in total. The molecule has 2 aromatic rings. The third-order valence-corrected chi connectivity index (χ3v) is 4.84. The number of benzene rings is 2. The minimum absolute atomic E-state index is 0.212. The Labute approximate surface area is 155 Å². The lowest BCUT2D eigenvalue weighted by molar-refractivity contribution is -0.137. The Morgan fingerprint density at radius 3 is 2.22 bits per heavy atom. The van der Waals surface area contributed by atoms with E-state index in [2.05, 4.69) is 16.7 Å². The average molecular weight is 378 g/mol. The van der Waals surface area contributed by atoms with E-state index in [0.29, 0.717) is 6.54 Å². The number of carboxylic acid groups (broad SMARTS) is 1. The van der Waals surface area contributed by atoms with Crippen LogP contribution in [0, 0.1) is 0 Å². The fourth-order valence-corrected chi connectivity index (χ4v) is 3.41. The van der Waals surface area contributed by atoms with E-state index >= 15 is 0 Å². The van der Waals surface area contributed by atoms with Gasteiger partial charge < -0.3 is 10.0 Å². The Kier molecular flexibility index (Phi) is 5.41. The zero-order valence-electron chi connectivity index (χ0n) is 14.9. The summed E-state index contributed by atoms with van der Waals surface area (Å²) in [5.74, 6) is -0.948. The Bertz CT molecular complexity index is 788. The van der Waals surface area contributed by atoms with Crippen LogP contribution in [-0.2, 0) is 12.7 Å². The van der Waals surface area contributed by atoms with E-state index in [1.807, 2.05) is 12.1 Å². The van der Waals surface area contributed by atoms with Gasteiger partial charge in [-0.3, -0.25) is 4.90 Å². The van der Waals surface area contributed by atoms with Crippen molar-refractivity contribution in [3.8, 4) is 0 Å². The van der Waals surface area contributed by atoms with Gasteiger partial charge in [-0.25, -0.2) is 4.79 Å². The summed E-state index contributed by atoms with van der Waals surface area (Å²) in [6, 6.07) is 12.3. The summed E-state index contributed by atoms with van der Waals surface area (Å²) in [5, 5.41) is 8.99. The lowest BCUT2D eigenvalue weighted by atomic mass is 10.1. The first-order chi connectivity index (χ1) is 12.7. The normalized spacial score (nSPS) is 18.5. The predicted octanol–water partition coefficient (Wildman–Crippen LogP) is 4.11. The molecule has 2 aromatic carbocycles. The van der Waals surface area contributed by atoms with Crippen LogP contribution in [0.3, 0.4) is 0 Å². The summed E-state index contributed by atoms with van der Waals surface area (Å²) < 4.78 is 38.0. The average Bonchev–Trinajstić information content (AvgIpc) is 2.62. The number of hydrogen-bond donors (Lipinski definition) is 1. The third kappa shape index (κ3) is 4.60. The summed E-state index contributed by atoms with van der Waals surface area (Å²) in [6.07, 6.45) is -4.31. The van der Waals surface area contributed by atoms with Crippen LogP contribution in [-0.4, -0.2) is 41.7 Å². The number of aromatic carboxylic acids is 1. The third-order valence-electron chi connectivity index (χ3n) is 4.84. The fraction of sp³-hybridized carbons (Fsp3) is 0.350. The second-order valence-electron chi connectivity index (χ2n) is 6.82. The molecule has 144 valence electrons. The first-order valence-corrected chi connectivity index (χ1v) is 8.72. The van der Waals surface area contributed by atoms with E-state index in [1.54, 1.807) is 12.1 Å². The molecule has 0 bridgehead atoms. The molecule has 1 aliphatic rings. The molecule has 0 spiro atoms. The van der Waals surface area contributed by atoms with Gasteiger partial charge in [-0.05, 0) is 48.9 Å². The summed E-state index contributed by atoms with van der Waals surface area (Å²) in [7, 11) is 0.